The SMILES string of the molecule is COc1ccc(CCC(=O)Nc2cc(S(=O)(=O)N3CCOCC3)ccc2Oc2ccc(F)cc2)cc1. The molecule has 1 fully saturated rings. The quantitative estimate of drug-likeness (QED) is 0.460. The number of benzene rings is 3. The van der Waals surface area contributed by atoms with E-state index in [9.17, 15) is 17.6 Å². The monoisotopic (exact) mass is 514 g/mol. The van der Waals surface area contributed by atoms with Crippen LogP contribution in [0.25, 0.3) is 0 Å². The number of carbonyl (C=O) groups is 1. The summed E-state index contributed by atoms with van der Waals surface area (Å²) in [6.45, 7) is 1.14. The van der Waals surface area contributed by atoms with E-state index in [4.69, 9.17) is 14.2 Å². The molecule has 1 heterocycles. The normalized spacial score (nSPS) is 14.3. The zero-order chi connectivity index (χ0) is 25.5. The summed E-state index contributed by atoms with van der Waals surface area (Å²) >= 11 is 0. The highest BCUT2D eigenvalue weighted by molar-refractivity contribution is 7.89. The number of aryl methyl sites for hydroxylation is 1. The van der Waals surface area contributed by atoms with Gasteiger partial charge in [-0.25, -0.2) is 12.8 Å². The van der Waals surface area contributed by atoms with E-state index in [2.05, 4.69) is 5.32 Å². The first-order valence-corrected chi connectivity index (χ1v) is 12.9. The number of halogens is 1. The minimum atomic E-state index is -3.79. The molecule has 1 amide bonds. The fourth-order valence-corrected chi connectivity index (χ4v) is 5.12. The molecule has 4 rings (SSSR count). The van der Waals surface area contributed by atoms with Crippen LogP contribution in [0, 0.1) is 5.82 Å². The Kier molecular flexibility index (Phi) is 8.19. The number of sulfonamides is 1. The van der Waals surface area contributed by atoms with Crippen molar-refractivity contribution >= 4 is 21.6 Å². The lowest BCUT2D eigenvalue weighted by molar-refractivity contribution is -0.116. The second-order valence-electron chi connectivity index (χ2n) is 8.13. The highest BCUT2D eigenvalue weighted by atomic mass is 32.2. The van der Waals surface area contributed by atoms with Crippen molar-refractivity contribution in [1.82, 2.24) is 4.31 Å². The van der Waals surface area contributed by atoms with Crippen LogP contribution < -0.4 is 14.8 Å². The van der Waals surface area contributed by atoms with E-state index in [0.29, 0.717) is 25.4 Å². The van der Waals surface area contributed by atoms with Gasteiger partial charge in [-0.1, -0.05) is 12.1 Å². The van der Waals surface area contributed by atoms with Gasteiger partial charge < -0.3 is 19.5 Å². The molecule has 0 atom stereocenters. The van der Waals surface area contributed by atoms with Gasteiger partial charge in [0.05, 0.1) is 30.9 Å². The summed E-state index contributed by atoms with van der Waals surface area (Å²) in [5.74, 6) is 0.579. The third kappa shape index (κ3) is 6.39. The van der Waals surface area contributed by atoms with Crippen molar-refractivity contribution in [2.75, 3.05) is 38.7 Å². The van der Waals surface area contributed by atoms with Gasteiger partial charge in [0.1, 0.15) is 17.3 Å². The highest BCUT2D eigenvalue weighted by Crippen LogP contribution is 2.33. The number of rotatable bonds is 9. The topological polar surface area (TPSA) is 94.2 Å². The van der Waals surface area contributed by atoms with Crippen molar-refractivity contribution in [2.45, 2.75) is 17.7 Å². The summed E-state index contributed by atoms with van der Waals surface area (Å²) in [5.41, 5.74) is 1.16. The number of carbonyl (C=O) groups excluding carboxylic acids is 1. The van der Waals surface area contributed by atoms with Crippen LogP contribution in [-0.4, -0.2) is 52.0 Å². The van der Waals surface area contributed by atoms with Crippen LogP contribution in [0.4, 0.5) is 10.1 Å². The van der Waals surface area contributed by atoms with Crippen LogP contribution in [0.5, 0.6) is 17.2 Å². The zero-order valence-electron chi connectivity index (χ0n) is 19.8. The van der Waals surface area contributed by atoms with Crippen LogP contribution in [0.15, 0.2) is 71.6 Å². The van der Waals surface area contributed by atoms with Gasteiger partial charge in [-0.3, -0.25) is 4.79 Å². The Labute approximate surface area is 209 Å². The molecule has 190 valence electrons. The lowest BCUT2D eigenvalue weighted by atomic mass is 10.1. The summed E-state index contributed by atoms with van der Waals surface area (Å²) in [4.78, 5) is 12.8. The average Bonchev–Trinajstić information content (AvgIpc) is 2.90. The fourth-order valence-electron chi connectivity index (χ4n) is 3.68. The fraction of sp³-hybridized carbons (Fsp3) is 0.269. The Morgan fingerprint density at radius 1 is 1.00 bits per heavy atom. The molecule has 0 bridgehead atoms. The maximum atomic E-state index is 13.3. The molecule has 0 saturated carbocycles. The number of ether oxygens (including phenoxy) is 3. The van der Waals surface area contributed by atoms with E-state index in [1.54, 1.807) is 7.11 Å². The number of methoxy groups -OCH3 is 1. The molecular formula is C26H27FN2O6S. The first kappa shape index (κ1) is 25.6. The average molecular weight is 515 g/mol. The first-order chi connectivity index (χ1) is 17.3. The molecule has 0 radical (unpaired) electrons. The molecule has 0 unspecified atom stereocenters. The van der Waals surface area contributed by atoms with Gasteiger partial charge in [-0.05, 0) is 66.6 Å². The van der Waals surface area contributed by atoms with Crippen LogP contribution in [0.2, 0.25) is 0 Å². The molecule has 10 heteroatoms. The minimum Gasteiger partial charge on any atom is -0.497 e. The van der Waals surface area contributed by atoms with Gasteiger partial charge in [-0.2, -0.15) is 4.31 Å². The molecule has 0 aromatic heterocycles. The molecule has 36 heavy (non-hydrogen) atoms. The second kappa shape index (κ2) is 11.5. The molecule has 1 aliphatic rings. The lowest BCUT2D eigenvalue weighted by Crippen LogP contribution is -2.40. The predicted octanol–water partition coefficient (Wildman–Crippen LogP) is 4.22. The standard InChI is InChI=1S/C26H27FN2O6S/c1-33-21-7-2-19(3-8-21)4-13-26(30)28-24-18-23(36(31,32)29-14-16-34-17-15-29)11-12-25(24)35-22-9-5-20(27)6-10-22/h2-3,5-12,18H,4,13-17H2,1H3,(H,28,30). The maximum absolute atomic E-state index is 13.3. The zero-order valence-corrected chi connectivity index (χ0v) is 20.6. The molecule has 0 spiro atoms. The smallest absolute Gasteiger partial charge is 0.243 e. The van der Waals surface area contributed by atoms with Gasteiger partial charge in [0.2, 0.25) is 15.9 Å². The Morgan fingerprint density at radius 3 is 2.33 bits per heavy atom. The second-order valence-corrected chi connectivity index (χ2v) is 10.1. The number of nitrogens with zero attached hydrogens (tertiary/aromatic N) is 1. The minimum absolute atomic E-state index is 0.0290. The molecule has 1 N–H and O–H groups in total. The van der Waals surface area contributed by atoms with Gasteiger partial charge in [0, 0.05) is 19.5 Å². The van der Waals surface area contributed by atoms with Crippen LogP contribution >= 0.6 is 0 Å². The molecule has 1 saturated heterocycles. The van der Waals surface area contributed by atoms with E-state index in [1.165, 1.54) is 46.8 Å². The highest BCUT2D eigenvalue weighted by Gasteiger charge is 2.27. The Bertz CT molecular complexity index is 1290. The molecule has 8 nitrogen and oxygen atoms in total. The summed E-state index contributed by atoms with van der Waals surface area (Å²) in [5, 5.41) is 2.78. The largest absolute Gasteiger partial charge is 0.497 e. The van der Waals surface area contributed by atoms with Gasteiger partial charge in [-0.15, -0.1) is 0 Å². The van der Waals surface area contributed by atoms with Crippen LogP contribution in [-0.2, 0) is 26.0 Å². The van der Waals surface area contributed by atoms with Gasteiger partial charge in [0.15, 0.2) is 5.75 Å². The predicted molar refractivity (Wildman–Crippen MR) is 132 cm³/mol. The van der Waals surface area contributed by atoms with E-state index < -0.39 is 15.8 Å². The Balaban J connectivity index is 1.55. The number of anilines is 1. The summed E-state index contributed by atoms with van der Waals surface area (Å²) in [7, 11) is -2.21. The van der Waals surface area contributed by atoms with Gasteiger partial charge >= 0.3 is 0 Å². The number of morpholine rings is 1. The third-order valence-electron chi connectivity index (χ3n) is 5.67. The van der Waals surface area contributed by atoms with Crippen molar-refractivity contribution in [3.05, 3.63) is 78.1 Å². The third-order valence-corrected chi connectivity index (χ3v) is 7.57. The van der Waals surface area contributed by atoms with E-state index in [-0.39, 0.29) is 41.7 Å². The van der Waals surface area contributed by atoms with Crippen molar-refractivity contribution in [1.29, 1.82) is 0 Å². The first-order valence-electron chi connectivity index (χ1n) is 11.4. The maximum Gasteiger partial charge on any atom is 0.243 e. The molecule has 3 aromatic rings. The van der Waals surface area contributed by atoms with Gasteiger partial charge in [0.25, 0.3) is 0 Å². The van der Waals surface area contributed by atoms with Crippen LogP contribution in [0.1, 0.15) is 12.0 Å². The summed E-state index contributed by atoms with van der Waals surface area (Å²) in [6, 6.07) is 17.1. The Morgan fingerprint density at radius 2 is 1.67 bits per heavy atom. The van der Waals surface area contributed by atoms with E-state index >= 15 is 0 Å². The van der Waals surface area contributed by atoms with Crippen molar-refractivity contribution in [2.24, 2.45) is 0 Å². The number of amides is 1. The number of nitrogens with one attached hydrogen (secondary N) is 1. The summed E-state index contributed by atoms with van der Waals surface area (Å²) < 4.78 is 57.2. The van der Waals surface area contributed by atoms with E-state index in [0.717, 1.165) is 11.3 Å². The Hall–Kier alpha value is -3.47. The molecule has 1 aliphatic heterocycles. The lowest BCUT2D eigenvalue weighted by Gasteiger charge is -2.26. The van der Waals surface area contributed by atoms with Crippen molar-refractivity contribution in [3.8, 4) is 17.2 Å². The molecule has 3 aromatic carbocycles. The van der Waals surface area contributed by atoms with Crippen LogP contribution in [0.3, 0.4) is 0 Å². The van der Waals surface area contributed by atoms with Crippen molar-refractivity contribution < 1.29 is 31.8 Å². The van der Waals surface area contributed by atoms with Crippen molar-refractivity contribution in [3.63, 3.8) is 0 Å². The van der Waals surface area contributed by atoms with E-state index in [1.807, 2.05) is 24.3 Å². The number of hydrogen-bond acceptors (Lipinski definition) is 6. The molecular weight excluding hydrogens is 487 g/mol. The number of hydrogen-bond donors (Lipinski definition) is 1. The molecule has 0 aliphatic carbocycles. The summed E-state index contributed by atoms with van der Waals surface area (Å²) in [6.07, 6.45) is 0.651.